The number of pyridine rings is 1. The topological polar surface area (TPSA) is 129 Å². The van der Waals surface area contributed by atoms with Gasteiger partial charge in [0.2, 0.25) is 11.8 Å². The summed E-state index contributed by atoms with van der Waals surface area (Å²) in [6.07, 6.45) is 5.38. The van der Waals surface area contributed by atoms with E-state index < -0.39 is 25.1 Å². The quantitative estimate of drug-likeness (QED) is 0.158. The molecule has 0 radical (unpaired) electrons. The van der Waals surface area contributed by atoms with Crippen molar-refractivity contribution in [1.29, 1.82) is 0 Å². The van der Waals surface area contributed by atoms with Gasteiger partial charge in [-0.3, -0.25) is 19.5 Å². The highest BCUT2D eigenvalue weighted by Crippen LogP contribution is 2.50. The van der Waals surface area contributed by atoms with Gasteiger partial charge >= 0.3 is 7.12 Å². The molecular weight excluding hydrogens is 638 g/mol. The number of fused-ring (bicyclic) bond motifs is 3. The summed E-state index contributed by atoms with van der Waals surface area (Å²) in [7, 11) is 0.423. The molecule has 0 bridgehead atoms. The van der Waals surface area contributed by atoms with E-state index in [4.69, 9.17) is 9.39 Å². The van der Waals surface area contributed by atoms with Gasteiger partial charge in [-0.1, -0.05) is 13.0 Å². The summed E-state index contributed by atoms with van der Waals surface area (Å²) in [5, 5.41) is 31.4. The lowest BCUT2D eigenvalue weighted by Gasteiger charge is -2.43. The molecule has 2 amide bonds. The van der Waals surface area contributed by atoms with E-state index in [0.29, 0.717) is 41.5 Å². The van der Waals surface area contributed by atoms with Crippen molar-refractivity contribution >= 4 is 53.2 Å². The fraction of sp³-hybridized carbons (Fsp3) is 0.433. The van der Waals surface area contributed by atoms with Gasteiger partial charge in [0.25, 0.3) is 0 Å². The third-order valence-electron chi connectivity index (χ3n) is 8.32. The van der Waals surface area contributed by atoms with Crippen LogP contribution in [0.4, 0.5) is 0 Å². The molecule has 2 saturated heterocycles. The number of aliphatic hydroxyl groups excluding tert-OH is 1. The van der Waals surface area contributed by atoms with Crippen LogP contribution in [-0.4, -0.2) is 70.4 Å². The predicted octanol–water partition coefficient (Wildman–Crippen LogP) is 3.92. The molecule has 0 spiro atoms. The van der Waals surface area contributed by atoms with E-state index in [-0.39, 0.29) is 36.4 Å². The van der Waals surface area contributed by atoms with Crippen LogP contribution in [0.5, 0.6) is 11.5 Å². The number of imide groups is 1. The van der Waals surface area contributed by atoms with Crippen LogP contribution in [0.3, 0.4) is 0 Å². The molecule has 1 aromatic carbocycles. The Labute approximate surface area is 253 Å². The maximum Gasteiger partial charge on any atom is 0.455 e. The normalized spacial score (nSPS) is 24.6. The lowest BCUT2D eigenvalue weighted by atomic mass is 9.58. The summed E-state index contributed by atoms with van der Waals surface area (Å²) in [5.74, 6) is -1.33. The number of halogens is 1. The summed E-state index contributed by atoms with van der Waals surface area (Å²) in [6, 6.07) is 9.29. The lowest BCUT2D eigenvalue weighted by Crippen LogP contribution is -2.46. The zero-order valence-corrected chi connectivity index (χ0v) is 25.3. The number of carbonyl (C=O) groups excluding carboxylic acids is 2. The zero-order chi connectivity index (χ0) is 29.3. The predicted molar refractivity (Wildman–Crippen MR) is 163 cm³/mol. The molecule has 0 saturated carbocycles. The number of carbonyl (C=O) groups is 2. The number of nitrogens with zero attached hydrogens (tertiary/aromatic N) is 2. The Balaban J connectivity index is 1.47. The minimum absolute atomic E-state index is 0.0804. The van der Waals surface area contributed by atoms with Crippen LogP contribution < -0.4 is 4.74 Å². The number of phenolic OH excluding ortho intramolecular Hbond substituents is 1. The standard InChI is InChI=1S/C30H34BIN2O7/c1-3-10-34-29(37)20-14-19(16-35)26-21(27(20)30(34)38)15-31(39)41-24(26)8-7-18(23-6-4-5-9-33-23)11-17-12-22(32)28(36)25(13-17)40-2/h4-6,9,11-13,20-21,24,27,35-36,39H,3,7-8,10,14-16H2,1-2H3/b18-11-/t20-,21+,24-,27-/m1/s1. The molecule has 0 unspecified atom stereocenters. The van der Waals surface area contributed by atoms with Gasteiger partial charge in [0.15, 0.2) is 11.5 Å². The van der Waals surface area contributed by atoms with E-state index in [1.165, 1.54) is 12.0 Å². The number of benzene rings is 1. The molecule has 216 valence electrons. The Morgan fingerprint density at radius 3 is 2.76 bits per heavy atom. The number of hydrogen-bond acceptors (Lipinski definition) is 8. The van der Waals surface area contributed by atoms with Crippen LogP contribution >= 0.6 is 22.6 Å². The van der Waals surface area contributed by atoms with Gasteiger partial charge in [0.1, 0.15) is 0 Å². The van der Waals surface area contributed by atoms with Crippen molar-refractivity contribution in [3.05, 3.63) is 62.5 Å². The number of methoxy groups -OCH3 is 1. The van der Waals surface area contributed by atoms with Crippen molar-refractivity contribution < 1.29 is 34.2 Å². The lowest BCUT2D eigenvalue weighted by molar-refractivity contribution is -0.140. The number of aliphatic hydroxyl groups is 1. The van der Waals surface area contributed by atoms with E-state index in [1.54, 1.807) is 12.3 Å². The first-order valence-electron chi connectivity index (χ1n) is 14.0. The molecule has 3 N–H and O–H groups in total. The number of ether oxygens (including phenoxy) is 1. The second-order valence-electron chi connectivity index (χ2n) is 10.8. The van der Waals surface area contributed by atoms with Crippen LogP contribution in [0.2, 0.25) is 6.32 Å². The van der Waals surface area contributed by atoms with Gasteiger partial charge in [0.05, 0.1) is 40.9 Å². The highest BCUT2D eigenvalue weighted by atomic mass is 127. The number of rotatable bonds is 9. The second-order valence-corrected chi connectivity index (χ2v) is 11.9. The van der Waals surface area contributed by atoms with E-state index in [1.807, 2.05) is 37.3 Å². The number of phenols is 1. The zero-order valence-electron chi connectivity index (χ0n) is 23.1. The molecule has 2 fully saturated rings. The van der Waals surface area contributed by atoms with Crippen LogP contribution in [0.15, 0.2) is 47.7 Å². The SMILES string of the molecule is CCCN1C(=O)[C@@H]2[C@@H](CC(CO)=C3[C@@H](CC/C(=C/c4cc(I)c(O)c(OC)c4)c4ccccn4)OB(O)C[C@@H]32)C1=O. The van der Waals surface area contributed by atoms with Gasteiger partial charge in [-0.2, -0.15) is 0 Å². The fourth-order valence-electron chi connectivity index (χ4n) is 6.57. The molecule has 1 aromatic heterocycles. The molecule has 5 rings (SSSR count). The monoisotopic (exact) mass is 672 g/mol. The van der Waals surface area contributed by atoms with Crippen LogP contribution in [0.25, 0.3) is 11.6 Å². The molecule has 41 heavy (non-hydrogen) atoms. The average Bonchev–Trinajstić information content (AvgIpc) is 3.21. The summed E-state index contributed by atoms with van der Waals surface area (Å²) < 4.78 is 12.1. The Hall–Kier alpha value is -2.74. The number of allylic oxidation sites excluding steroid dienone is 1. The van der Waals surface area contributed by atoms with Crippen LogP contribution in [-0.2, 0) is 14.2 Å². The molecule has 3 aliphatic rings. The summed E-state index contributed by atoms with van der Waals surface area (Å²) in [4.78, 5) is 32.5. The van der Waals surface area contributed by atoms with Gasteiger partial charge in [-0.25, -0.2) is 0 Å². The molecule has 2 aliphatic heterocycles. The maximum atomic E-state index is 13.4. The number of hydrogen-bond donors (Lipinski definition) is 3. The number of likely N-dealkylation sites (tertiary alicyclic amines) is 1. The third kappa shape index (κ3) is 5.82. The Morgan fingerprint density at radius 1 is 1.27 bits per heavy atom. The van der Waals surface area contributed by atoms with Crippen molar-refractivity contribution in [2.45, 2.75) is 45.0 Å². The van der Waals surface area contributed by atoms with Gasteiger partial charge < -0.3 is 24.6 Å². The van der Waals surface area contributed by atoms with Crippen LogP contribution in [0.1, 0.15) is 43.9 Å². The van der Waals surface area contributed by atoms with Gasteiger partial charge in [0, 0.05) is 12.7 Å². The fourth-order valence-corrected chi connectivity index (χ4v) is 7.19. The van der Waals surface area contributed by atoms with E-state index in [9.17, 15) is 24.8 Å². The number of aromatic nitrogens is 1. The summed E-state index contributed by atoms with van der Waals surface area (Å²) in [6.45, 7) is 2.08. The number of aromatic hydroxyl groups is 1. The summed E-state index contributed by atoms with van der Waals surface area (Å²) in [5.41, 5.74) is 4.09. The maximum absolute atomic E-state index is 13.4. The van der Waals surface area contributed by atoms with Crippen molar-refractivity contribution in [1.82, 2.24) is 9.88 Å². The van der Waals surface area contributed by atoms with Crippen molar-refractivity contribution in [3.63, 3.8) is 0 Å². The molecule has 1 aliphatic carbocycles. The first-order valence-corrected chi connectivity index (χ1v) is 15.0. The first kappa shape index (κ1) is 29.7. The van der Waals surface area contributed by atoms with Gasteiger partial charge in [-0.15, -0.1) is 0 Å². The first-order chi connectivity index (χ1) is 19.8. The van der Waals surface area contributed by atoms with Crippen LogP contribution in [0, 0.1) is 21.3 Å². The second kappa shape index (κ2) is 12.6. The smallest absolute Gasteiger partial charge is 0.455 e. The Morgan fingerprint density at radius 2 is 2.07 bits per heavy atom. The van der Waals surface area contributed by atoms with Crippen molar-refractivity contribution in [3.8, 4) is 11.5 Å². The third-order valence-corrected chi connectivity index (χ3v) is 9.14. The van der Waals surface area contributed by atoms with Gasteiger partial charge in [-0.05, 0) is 113 Å². The number of amides is 2. The highest BCUT2D eigenvalue weighted by Gasteiger charge is 2.57. The molecule has 3 heterocycles. The average molecular weight is 672 g/mol. The van der Waals surface area contributed by atoms with Crippen molar-refractivity contribution in [2.75, 3.05) is 20.3 Å². The Bertz CT molecular complexity index is 1380. The van der Waals surface area contributed by atoms with E-state index in [0.717, 1.165) is 28.0 Å². The minimum atomic E-state index is -1.08. The van der Waals surface area contributed by atoms with E-state index in [2.05, 4.69) is 27.6 Å². The molecule has 9 nitrogen and oxygen atoms in total. The molecular formula is C30H34BIN2O7. The summed E-state index contributed by atoms with van der Waals surface area (Å²) >= 11 is 2.06. The molecule has 4 atom stereocenters. The molecule has 2 aromatic rings. The van der Waals surface area contributed by atoms with Crippen molar-refractivity contribution in [2.24, 2.45) is 17.8 Å². The Kier molecular flexibility index (Phi) is 9.17. The van der Waals surface area contributed by atoms with E-state index >= 15 is 0 Å². The minimum Gasteiger partial charge on any atom is -0.504 e. The largest absolute Gasteiger partial charge is 0.504 e. The molecule has 11 heteroatoms. The highest BCUT2D eigenvalue weighted by molar-refractivity contribution is 14.1.